The van der Waals surface area contributed by atoms with Gasteiger partial charge in [-0.05, 0) is 38.1 Å². The Morgan fingerprint density at radius 3 is 1.91 bits per heavy atom. The smallest absolute Gasteiger partial charge is 0.292 e. The van der Waals surface area contributed by atoms with Crippen molar-refractivity contribution < 1.29 is 28.5 Å². The largest absolute Gasteiger partial charge is 0.493 e. The summed E-state index contributed by atoms with van der Waals surface area (Å²) >= 11 is 6.20. The van der Waals surface area contributed by atoms with Crippen molar-refractivity contribution in [2.24, 2.45) is 0 Å². The molecule has 0 atom stereocenters. The van der Waals surface area contributed by atoms with Gasteiger partial charge in [-0.2, -0.15) is 9.78 Å². The van der Waals surface area contributed by atoms with Gasteiger partial charge in [0.05, 0.1) is 30.5 Å². The number of aldehydes is 2. The van der Waals surface area contributed by atoms with Crippen molar-refractivity contribution in [1.29, 1.82) is 0 Å². The van der Waals surface area contributed by atoms with Gasteiger partial charge in [0.25, 0.3) is 5.56 Å². The molecule has 0 unspecified atom stereocenters. The molecule has 1 aromatic heterocycles. The van der Waals surface area contributed by atoms with E-state index in [1.807, 2.05) is 0 Å². The highest BCUT2D eigenvalue weighted by Gasteiger charge is 2.17. The number of benzene rings is 2. The SMILES string of the molecule is CCOc1cccc(OCn2ncc(Oc3cccc(OCC)c3C=O)c(Cl)c2=O)c1C=O. The zero-order chi connectivity index (χ0) is 23.8. The van der Waals surface area contributed by atoms with Crippen LogP contribution in [0, 0.1) is 0 Å². The van der Waals surface area contributed by atoms with Crippen molar-refractivity contribution in [2.75, 3.05) is 13.2 Å². The molecule has 0 amide bonds. The fraction of sp³-hybridized carbons (Fsp3) is 0.217. The van der Waals surface area contributed by atoms with E-state index in [1.165, 1.54) is 6.20 Å². The number of nitrogens with zero attached hydrogens (tertiary/aromatic N) is 2. The summed E-state index contributed by atoms with van der Waals surface area (Å²) < 4.78 is 23.1. The summed E-state index contributed by atoms with van der Waals surface area (Å²) in [6.45, 7) is 4.01. The summed E-state index contributed by atoms with van der Waals surface area (Å²) in [4.78, 5) is 35.7. The molecule has 0 spiro atoms. The molecule has 9 nitrogen and oxygen atoms in total. The molecule has 3 rings (SSSR count). The second kappa shape index (κ2) is 11.1. The molecule has 0 aliphatic heterocycles. The molecule has 0 saturated heterocycles. The molecule has 2 aromatic carbocycles. The first-order chi connectivity index (χ1) is 16.0. The third kappa shape index (κ3) is 5.32. The van der Waals surface area contributed by atoms with E-state index in [9.17, 15) is 14.4 Å². The Morgan fingerprint density at radius 1 is 0.848 bits per heavy atom. The third-order valence-electron chi connectivity index (χ3n) is 4.40. The van der Waals surface area contributed by atoms with Crippen molar-refractivity contribution >= 4 is 24.2 Å². The highest BCUT2D eigenvalue weighted by atomic mass is 35.5. The van der Waals surface area contributed by atoms with Gasteiger partial charge in [0.1, 0.15) is 23.0 Å². The van der Waals surface area contributed by atoms with E-state index >= 15 is 0 Å². The minimum Gasteiger partial charge on any atom is -0.493 e. The van der Waals surface area contributed by atoms with E-state index in [4.69, 9.17) is 30.5 Å². The van der Waals surface area contributed by atoms with Crippen LogP contribution in [-0.2, 0) is 6.73 Å². The number of hydrogen-bond donors (Lipinski definition) is 0. The number of aromatic nitrogens is 2. The topological polar surface area (TPSA) is 106 Å². The van der Waals surface area contributed by atoms with E-state index in [1.54, 1.807) is 50.2 Å². The summed E-state index contributed by atoms with van der Waals surface area (Å²) in [6, 6.07) is 9.69. The van der Waals surface area contributed by atoms with Gasteiger partial charge in [0.2, 0.25) is 0 Å². The predicted molar refractivity (Wildman–Crippen MR) is 120 cm³/mol. The van der Waals surface area contributed by atoms with Crippen molar-refractivity contribution in [3.63, 3.8) is 0 Å². The fourth-order valence-corrected chi connectivity index (χ4v) is 3.10. The maximum Gasteiger partial charge on any atom is 0.292 e. The second-order valence-corrected chi connectivity index (χ2v) is 6.82. The highest BCUT2D eigenvalue weighted by Crippen LogP contribution is 2.32. The lowest BCUT2D eigenvalue weighted by Crippen LogP contribution is -2.26. The summed E-state index contributed by atoms with van der Waals surface area (Å²) in [5.74, 6) is 1.06. The van der Waals surface area contributed by atoms with Crippen LogP contribution in [0.5, 0.6) is 28.7 Å². The van der Waals surface area contributed by atoms with Crippen LogP contribution >= 0.6 is 11.6 Å². The zero-order valence-corrected chi connectivity index (χ0v) is 18.7. The van der Waals surface area contributed by atoms with Gasteiger partial charge in [-0.25, -0.2) is 0 Å². The van der Waals surface area contributed by atoms with Gasteiger partial charge >= 0.3 is 0 Å². The van der Waals surface area contributed by atoms with E-state index < -0.39 is 5.56 Å². The Labute approximate surface area is 194 Å². The van der Waals surface area contributed by atoms with E-state index in [-0.39, 0.29) is 40.1 Å². The van der Waals surface area contributed by atoms with E-state index in [0.29, 0.717) is 37.3 Å². The summed E-state index contributed by atoms with van der Waals surface area (Å²) in [5.41, 5.74) is -0.288. The summed E-state index contributed by atoms with van der Waals surface area (Å²) in [6.07, 6.45) is 2.44. The van der Waals surface area contributed by atoms with Crippen LogP contribution in [0.1, 0.15) is 34.6 Å². The number of ether oxygens (including phenoxy) is 4. The molecule has 0 bridgehead atoms. The molecule has 172 valence electrons. The molecule has 1 heterocycles. The second-order valence-electron chi connectivity index (χ2n) is 6.44. The number of hydrogen-bond acceptors (Lipinski definition) is 8. The Balaban J connectivity index is 1.83. The Morgan fingerprint density at radius 2 is 1.36 bits per heavy atom. The minimum absolute atomic E-state index is 0.0402. The zero-order valence-electron chi connectivity index (χ0n) is 17.9. The number of carbonyl (C=O) groups excluding carboxylic acids is 2. The van der Waals surface area contributed by atoms with Crippen LogP contribution in [0.3, 0.4) is 0 Å². The molecule has 10 heteroatoms. The Kier molecular flexibility index (Phi) is 8.04. The van der Waals surface area contributed by atoms with Crippen LogP contribution in [0.4, 0.5) is 0 Å². The molecule has 33 heavy (non-hydrogen) atoms. The maximum absolute atomic E-state index is 12.7. The average molecular weight is 473 g/mol. The fourth-order valence-electron chi connectivity index (χ4n) is 2.92. The molecule has 0 radical (unpaired) electrons. The molecule has 0 aliphatic rings. The predicted octanol–water partition coefficient (Wildman–Crippen LogP) is 4.15. The van der Waals surface area contributed by atoms with Crippen molar-refractivity contribution in [3.8, 4) is 28.7 Å². The molecule has 3 aromatic rings. The standard InChI is InChI=1S/C23H21ClN2O7/c1-3-30-17-7-5-9-19(15(17)12-27)32-14-26-23(29)22(24)21(11-25-26)33-20-10-6-8-18(31-4-2)16(20)13-28/h5-13H,3-4,14H2,1-2H3. The lowest BCUT2D eigenvalue weighted by Gasteiger charge is -2.14. The van der Waals surface area contributed by atoms with Gasteiger partial charge < -0.3 is 18.9 Å². The average Bonchev–Trinajstić information content (AvgIpc) is 2.82. The summed E-state index contributed by atoms with van der Waals surface area (Å²) in [5, 5.41) is 3.75. The van der Waals surface area contributed by atoms with Crippen molar-refractivity contribution in [3.05, 3.63) is 69.1 Å². The molecular formula is C23H21ClN2O7. The number of carbonyl (C=O) groups is 2. The lowest BCUT2D eigenvalue weighted by molar-refractivity contribution is 0.110. The number of halogens is 1. The first-order valence-electron chi connectivity index (χ1n) is 10.0. The summed E-state index contributed by atoms with van der Waals surface area (Å²) in [7, 11) is 0. The normalized spacial score (nSPS) is 10.4. The van der Waals surface area contributed by atoms with Gasteiger partial charge in [-0.3, -0.25) is 14.4 Å². The van der Waals surface area contributed by atoms with Crippen LogP contribution in [0.2, 0.25) is 5.02 Å². The minimum atomic E-state index is -0.684. The van der Waals surface area contributed by atoms with Gasteiger partial charge in [-0.1, -0.05) is 23.7 Å². The van der Waals surface area contributed by atoms with Crippen LogP contribution in [0.25, 0.3) is 0 Å². The number of rotatable bonds is 11. The van der Waals surface area contributed by atoms with Crippen molar-refractivity contribution in [2.45, 2.75) is 20.6 Å². The maximum atomic E-state index is 12.7. The monoisotopic (exact) mass is 472 g/mol. The quantitative estimate of drug-likeness (QED) is 0.383. The van der Waals surface area contributed by atoms with E-state index in [0.717, 1.165) is 4.68 Å². The van der Waals surface area contributed by atoms with Crippen LogP contribution < -0.4 is 24.5 Å². The van der Waals surface area contributed by atoms with E-state index in [2.05, 4.69) is 5.10 Å². The van der Waals surface area contributed by atoms with Gasteiger partial charge in [-0.15, -0.1) is 0 Å². The van der Waals surface area contributed by atoms with Gasteiger partial charge in [0.15, 0.2) is 30.1 Å². The molecule has 0 fully saturated rings. The highest BCUT2D eigenvalue weighted by molar-refractivity contribution is 6.31. The Bertz CT molecular complexity index is 1210. The molecule has 0 aliphatic carbocycles. The third-order valence-corrected chi connectivity index (χ3v) is 4.75. The first kappa shape index (κ1) is 23.8. The lowest BCUT2D eigenvalue weighted by atomic mass is 10.2. The van der Waals surface area contributed by atoms with Crippen LogP contribution in [0.15, 0.2) is 47.4 Å². The molecule has 0 saturated carbocycles. The van der Waals surface area contributed by atoms with Crippen LogP contribution in [-0.4, -0.2) is 35.6 Å². The first-order valence-corrected chi connectivity index (χ1v) is 10.4. The molecular weight excluding hydrogens is 452 g/mol. The Hall–Kier alpha value is -3.85. The van der Waals surface area contributed by atoms with Gasteiger partial charge in [0, 0.05) is 0 Å². The van der Waals surface area contributed by atoms with Crippen molar-refractivity contribution in [1.82, 2.24) is 9.78 Å². The molecule has 0 N–H and O–H groups in total.